The van der Waals surface area contributed by atoms with Crippen LogP contribution in [0.25, 0.3) is 33.3 Å². The van der Waals surface area contributed by atoms with Crippen molar-refractivity contribution in [1.29, 1.82) is 0 Å². The van der Waals surface area contributed by atoms with Crippen molar-refractivity contribution in [2.45, 2.75) is 130 Å². The van der Waals surface area contributed by atoms with E-state index in [1.807, 2.05) is 39.0 Å². The molecule has 0 radical (unpaired) electrons. The third-order valence-electron chi connectivity index (χ3n) is 14.5. The lowest BCUT2D eigenvalue weighted by Gasteiger charge is -2.37. The van der Waals surface area contributed by atoms with Crippen molar-refractivity contribution < 1.29 is 33.8 Å². The number of cyclic esters (lactones) is 1. The average Bonchev–Trinajstić information content (AvgIpc) is 3.87. The van der Waals surface area contributed by atoms with Crippen LogP contribution < -0.4 is 10.7 Å². The lowest BCUT2D eigenvalue weighted by atomic mass is 9.84. The molecule has 6 heterocycles. The molecule has 14 heteroatoms. The smallest absolute Gasteiger partial charge is 0.324 e. The van der Waals surface area contributed by atoms with Gasteiger partial charge in [-0.25, -0.2) is 5.43 Å². The monoisotopic (exact) mass is 904 g/mol. The van der Waals surface area contributed by atoms with Gasteiger partial charge >= 0.3 is 5.97 Å². The van der Waals surface area contributed by atoms with Gasteiger partial charge in [0.05, 0.1) is 30.0 Å². The first-order valence-corrected chi connectivity index (χ1v) is 24.1. The maximum absolute atomic E-state index is 14.8. The Morgan fingerprint density at radius 1 is 1.05 bits per heavy atom. The highest BCUT2D eigenvalue weighted by atomic mass is 16.5. The summed E-state index contributed by atoms with van der Waals surface area (Å²) in [6.45, 7) is 15.0. The number of likely N-dealkylation sites (N-methyl/N-ethyl adjacent to an activating group) is 1. The second-order valence-corrected chi connectivity index (χ2v) is 20.2. The van der Waals surface area contributed by atoms with Crippen LogP contribution in [-0.2, 0) is 48.0 Å². The van der Waals surface area contributed by atoms with Gasteiger partial charge in [0.15, 0.2) is 0 Å². The van der Waals surface area contributed by atoms with Crippen LogP contribution in [0.15, 0.2) is 54.7 Å². The summed E-state index contributed by atoms with van der Waals surface area (Å²) in [5.41, 5.74) is 9.79. The number of esters is 1. The van der Waals surface area contributed by atoms with Crippen molar-refractivity contribution in [3.63, 3.8) is 0 Å². The molecule has 3 N–H and O–H groups in total. The van der Waals surface area contributed by atoms with Crippen LogP contribution in [0.5, 0.6) is 5.75 Å². The Hall–Kier alpha value is -5.31. The van der Waals surface area contributed by atoms with E-state index in [-0.39, 0.29) is 42.6 Å². The first kappa shape index (κ1) is 47.2. The molecule has 4 aromatic rings. The maximum Gasteiger partial charge on any atom is 0.324 e. The number of carbonyl (C=O) groups excluding carboxylic acids is 4. The summed E-state index contributed by atoms with van der Waals surface area (Å²) in [5.74, 6) is -1.78. The number of benzene rings is 2. The molecular formula is C52H69N7O7. The third kappa shape index (κ3) is 9.59. The number of amides is 3. The van der Waals surface area contributed by atoms with Gasteiger partial charge in [0, 0.05) is 74.3 Å². The van der Waals surface area contributed by atoms with Crippen molar-refractivity contribution >= 4 is 34.6 Å². The number of phenolic OH excluding ortho intramolecular Hbond substituents is 1. The van der Waals surface area contributed by atoms with Crippen LogP contribution in [0.3, 0.4) is 0 Å². The molecule has 6 atom stereocenters. The van der Waals surface area contributed by atoms with Gasteiger partial charge in [-0.2, -0.15) is 0 Å². The van der Waals surface area contributed by atoms with E-state index in [1.54, 1.807) is 37.4 Å². The van der Waals surface area contributed by atoms with E-state index in [1.165, 1.54) is 11.4 Å². The molecule has 6 bridgehead atoms. The van der Waals surface area contributed by atoms with E-state index in [4.69, 9.17) is 14.5 Å². The van der Waals surface area contributed by atoms with Crippen LogP contribution in [0.4, 0.5) is 0 Å². The van der Waals surface area contributed by atoms with Gasteiger partial charge in [0.25, 0.3) is 5.91 Å². The molecule has 2 aromatic heterocycles. The van der Waals surface area contributed by atoms with Crippen molar-refractivity contribution in [2.75, 3.05) is 40.4 Å². The second-order valence-electron chi connectivity index (χ2n) is 20.2. The van der Waals surface area contributed by atoms with Crippen molar-refractivity contribution in [3.05, 3.63) is 71.5 Å². The van der Waals surface area contributed by atoms with E-state index in [9.17, 15) is 24.3 Å². The Labute approximate surface area is 389 Å². The van der Waals surface area contributed by atoms with Gasteiger partial charge in [-0.15, -0.1) is 0 Å². The van der Waals surface area contributed by atoms with Crippen molar-refractivity contribution in [2.24, 2.45) is 17.3 Å². The Balaban J connectivity index is 1.19. The quantitative estimate of drug-likeness (QED) is 0.153. The summed E-state index contributed by atoms with van der Waals surface area (Å²) in [6, 6.07) is 13.3. The summed E-state index contributed by atoms with van der Waals surface area (Å²) in [5, 5.41) is 16.9. The number of hydrogen-bond acceptors (Lipinski definition) is 10. The minimum absolute atomic E-state index is 0.0217. The lowest BCUT2D eigenvalue weighted by molar-refractivity contribution is -0.155. The van der Waals surface area contributed by atoms with Crippen LogP contribution >= 0.6 is 0 Å². The first-order valence-electron chi connectivity index (χ1n) is 24.1. The Morgan fingerprint density at radius 3 is 2.59 bits per heavy atom. The molecule has 3 saturated heterocycles. The van der Waals surface area contributed by atoms with Crippen LogP contribution in [-0.4, -0.2) is 118 Å². The number of methoxy groups -OCH3 is 1. The predicted molar refractivity (Wildman–Crippen MR) is 254 cm³/mol. The molecule has 0 aliphatic carbocycles. The highest BCUT2D eigenvalue weighted by Crippen LogP contribution is 2.42. The standard InChI is InChI=1S/C52H69N7O7/c1-9-58-44-18-17-34-27-40(44)41(47(58)39-15-12-19-53-45(39)32(4)65-8)28-52(5,6)30-66-51(64)42-16-13-21-59(55-42)50(63)43(24-33-22-35(34)26-38(60)23-33)54-48(61)46(31(2)3)56(7)49(62)36-25-37-14-10-11-20-57(37)29-36/h12,15,17-19,22-23,26-27,31-32,36-37,42-43,46,55,60H,9-11,13-14,16,20-21,24-25,28-30H2,1-8H3,(H,54,61)/t32?,36?,37?,42-,43?,46?/m0/s1. The minimum Gasteiger partial charge on any atom is -0.508 e. The molecular weight excluding hydrogens is 835 g/mol. The summed E-state index contributed by atoms with van der Waals surface area (Å²) in [4.78, 5) is 66.3. The molecule has 8 rings (SSSR count). The zero-order valence-corrected chi connectivity index (χ0v) is 40.1. The summed E-state index contributed by atoms with van der Waals surface area (Å²) in [6.07, 6.45) is 7.32. The number of pyridine rings is 1. The molecule has 2 aromatic carbocycles. The van der Waals surface area contributed by atoms with E-state index < -0.39 is 41.3 Å². The lowest BCUT2D eigenvalue weighted by Crippen LogP contribution is -2.62. The van der Waals surface area contributed by atoms with Gasteiger partial charge in [-0.1, -0.05) is 46.2 Å². The maximum atomic E-state index is 14.8. The third-order valence-corrected chi connectivity index (χ3v) is 14.5. The van der Waals surface area contributed by atoms with Gasteiger partial charge in [-0.05, 0) is 123 Å². The van der Waals surface area contributed by atoms with Crippen LogP contribution in [0.1, 0.15) is 103 Å². The van der Waals surface area contributed by atoms with Gasteiger partial charge in [0.1, 0.15) is 23.9 Å². The fraction of sp³-hybridized carbons (Fsp3) is 0.558. The second kappa shape index (κ2) is 19.5. The molecule has 3 amide bonds. The highest BCUT2D eigenvalue weighted by Gasteiger charge is 2.42. The average molecular weight is 904 g/mol. The molecule has 14 nitrogen and oxygen atoms in total. The number of carbonyl (C=O) groups is 4. The van der Waals surface area contributed by atoms with Gasteiger partial charge in [0.2, 0.25) is 11.8 Å². The molecule has 0 saturated carbocycles. The molecule has 4 aliphatic rings. The number of nitrogens with zero attached hydrogens (tertiary/aromatic N) is 5. The number of hydrazine groups is 1. The SMILES string of the molecule is CCn1c(-c2cccnc2C(C)OC)c2c3cc(ccc31)-c1cc(O)cc(c1)CC(NC(=O)C(C(C)C)N(C)C(=O)C1CC3CCCCN3C1)C(=O)N1CCC[C@H](N1)C(=O)OCC(C)(C)C2. The van der Waals surface area contributed by atoms with Gasteiger partial charge in [-0.3, -0.25) is 34.1 Å². The Morgan fingerprint density at radius 2 is 1.85 bits per heavy atom. The largest absolute Gasteiger partial charge is 0.508 e. The summed E-state index contributed by atoms with van der Waals surface area (Å²) >= 11 is 0. The highest BCUT2D eigenvalue weighted by molar-refractivity contribution is 5.96. The van der Waals surface area contributed by atoms with Crippen LogP contribution in [0, 0.1) is 17.3 Å². The number of ether oxygens (including phenoxy) is 2. The van der Waals surface area contributed by atoms with E-state index in [0.717, 1.165) is 70.4 Å². The van der Waals surface area contributed by atoms with E-state index in [2.05, 4.69) is 59.2 Å². The molecule has 4 aliphatic heterocycles. The fourth-order valence-electron chi connectivity index (χ4n) is 11.1. The molecule has 354 valence electrons. The number of aromatic nitrogens is 2. The number of aromatic hydroxyl groups is 1. The number of piperidine rings is 1. The topological polar surface area (TPSA) is 159 Å². The number of nitrogens with one attached hydrogen (secondary N) is 2. The van der Waals surface area contributed by atoms with Gasteiger partial charge < -0.3 is 29.4 Å². The number of aryl methyl sites for hydroxylation is 1. The summed E-state index contributed by atoms with van der Waals surface area (Å²) in [7, 11) is 3.39. The number of phenols is 1. The number of rotatable bonds is 9. The minimum atomic E-state index is -1.10. The van der Waals surface area contributed by atoms with Crippen molar-refractivity contribution in [3.8, 4) is 28.1 Å². The zero-order valence-electron chi connectivity index (χ0n) is 40.1. The molecule has 3 fully saturated rings. The van der Waals surface area contributed by atoms with E-state index >= 15 is 0 Å². The normalized spacial score (nSPS) is 23.5. The number of hydrogen-bond donors (Lipinski definition) is 3. The van der Waals surface area contributed by atoms with Crippen molar-refractivity contribution in [1.82, 2.24) is 35.1 Å². The number of fused-ring (bicyclic) bond motifs is 7. The molecule has 66 heavy (non-hydrogen) atoms. The zero-order chi connectivity index (χ0) is 47.0. The first-order chi connectivity index (χ1) is 31.6. The van der Waals surface area contributed by atoms with E-state index in [0.29, 0.717) is 50.5 Å². The summed E-state index contributed by atoms with van der Waals surface area (Å²) < 4.78 is 14.3. The Kier molecular flexibility index (Phi) is 13.9. The Bertz CT molecular complexity index is 2450. The molecule has 5 unspecified atom stereocenters. The predicted octanol–water partition coefficient (Wildman–Crippen LogP) is 6.81. The van der Waals surface area contributed by atoms with Crippen LogP contribution in [0.2, 0.25) is 0 Å². The fourth-order valence-corrected chi connectivity index (χ4v) is 11.1. The molecule has 0 spiro atoms.